The molecule has 20 heteroatoms. The molecule has 40 heavy (non-hydrogen) atoms. The van der Waals surface area contributed by atoms with Crippen molar-refractivity contribution in [1.29, 1.82) is 0 Å². The van der Waals surface area contributed by atoms with E-state index >= 15 is 0 Å². The van der Waals surface area contributed by atoms with Crippen molar-refractivity contribution < 1.29 is 84.2 Å². The molecular weight excluding hydrogens is 609 g/mol. The molecule has 1 aliphatic heterocycles. The summed E-state index contributed by atoms with van der Waals surface area (Å²) in [5.74, 6) is -60.3. The SMILES string of the molecule is O=C1NC(=O)c2ccc(C(F)(F)C(F)(F)C(F)(F)C(F)(F)C(F)(F)C(F)(F)C(F)(F)C(F)(F)F)c3cccc1c23. The van der Waals surface area contributed by atoms with E-state index in [9.17, 15) is 84.2 Å². The summed E-state index contributed by atoms with van der Waals surface area (Å²) < 4.78 is 232. The fourth-order valence-corrected chi connectivity index (χ4v) is 3.63. The number of amides is 2. The number of benzene rings is 2. The number of rotatable bonds is 7. The zero-order chi connectivity index (χ0) is 31.3. The Morgan fingerprint density at radius 3 is 1.32 bits per heavy atom. The molecule has 1 N–H and O–H groups in total. The van der Waals surface area contributed by atoms with E-state index in [1.165, 1.54) is 0 Å². The maximum absolute atomic E-state index is 14.9. The van der Waals surface area contributed by atoms with E-state index in [0.29, 0.717) is 12.1 Å². The van der Waals surface area contributed by atoms with Crippen molar-refractivity contribution in [2.45, 2.75) is 47.6 Å². The van der Waals surface area contributed by atoms with Gasteiger partial charge in [0.15, 0.2) is 0 Å². The van der Waals surface area contributed by atoms with Crippen LogP contribution in [0.2, 0.25) is 0 Å². The predicted molar refractivity (Wildman–Crippen MR) is 95.4 cm³/mol. The number of carbonyl (C=O) groups excluding carboxylic acids is 2. The molecule has 2 amide bonds. The van der Waals surface area contributed by atoms with Gasteiger partial charge in [0, 0.05) is 22.1 Å². The fraction of sp³-hybridized carbons (Fsp3) is 0.400. The Balaban J connectivity index is 2.25. The first-order valence-electron chi connectivity index (χ1n) is 9.78. The summed E-state index contributed by atoms with van der Waals surface area (Å²) in [6, 6.07) is 1.63. The van der Waals surface area contributed by atoms with E-state index in [2.05, 4.69) is 0 Å². The quantitative estimate of drug-likeness (QED) is 0.265. The van der Waals surface area contributed by atoms with Crippen LogP contribution in [0.25, 0.3) is 10.8 Å². The second-order valence-electron chi connectivity index (χ2n) is 8.19. The number of hydrogen-bond donors (Lipinski definition) is 1. The normalized spacial score (nSPS) is 16.4. The molecule has 2 aromatic carbocycles. The molecule has 0 fully saturated rings. The zero-order valence-electron chi connectivity index (χ0n) is 18.1. The van der Waals surface area contributed by atoms with Crippen molar-refractivity contribution in [3.05, 3.63) is 47.0 Å². The van der Waals surface area contributed by atoms with Gasteiger partial charge >= 0.3 is 47.6 Å². The van der Waals surface area contributed by atoms with E-state index in [4.69, 9.17) is 0 Å². The molecular formula is C20H6F17NO2. The first-order chi connectivity index (χ1) is 17.6. The predicted octanol–water partition coefficient (Wildman–Crippen LogP) is 7.19. The van der Waals surface area contributed by atoms with Crippen LogP contribution in [0.15, 0.2) is 30.3 Å². The molecule has 3 rings (SSSR count). The van der Waals surface area contributed by atoms with Crippen molar-refractivity contribution in [2.75, 3.05) is 0 Å². The third-order valence-corrected chi connectivity index (χ3v) is 5.82. The van der Waals surface area contributed by atoms with Crippen molar-refractivity contribution in [2.24, 2.45) is 0 Å². The van der Waals surface area contributed by atoms with E-state index in [1.807, 2.05) is 0 Å². The largest absolute Gasteiger partial charge is 0.460 e. The molecule has 0 radical (unpaired) electrons. The summed E-state index contributed by atoms with van der Waals surface area (Å²) in [4.78, 5) is 23.8. The van der Waals surface area contributed by atoms with Crippen LogP contribution >= 0.6 is 0 Å². The Kier molecular flexibility index (Phi) is 6.50. The number of halogens is 17. The molecule has 0 saturated carbocycles. The summed E-state index contributed by atoms with van der Waals surface area (Å²) in [5, 5.41) is -0.719. The fourth-order valence-electron chi connectivity index (χ4n) is 3.63. The molecule has 0 unspecified atom stereocenters. The molecule has 0 atom stereocenters. The number of imide groups is 1. The molecule has 3 nitrogen and oxygen atoms in total. The van der Waals surface area contributed by atoms with Gasteiger partial charge in [-0.3, -0.25) is 14.9 Å². The van der Waals surface area contributed by atoms with E-state index in [1.54, 1.807) is 5.32 Å². The van der Waals surface area contributed by atoms with Crippen LogP contribution in [0.4, 0.5) is 74.6 Å². The molecule has 0 saturated heterocycles. The Morgan fingerprint density at radius 1 is 0.475 bits per heavy atom. The van der Waals surface area contributed by atoms with Gasteiger partial charge in [0.2, 0.25) is 0 Å². The highest BCUT2D eigenvalue weighted by molar-refractivity contribution is 6.25. The van der Waals surface area contributed by atoms with Crippen molar-refractivity contribution in [3.63, 3.8) is 0 Å². The Morgan fingerprint density at radius 2 is 0.875 bits per heavy atom. The summed E-state index contributed by atoms with van der Waals surface area (Å²) in [6.07, 6.45) is -7.84. The van der Waals surface area contributed by atoms with Crippen molar-refractivity contribution in [3.8, 4) is 0 Å². The lowest BCUT2D eigenvalue weighted by Gasteiger charge is -2.43. The number of carbonyl (C=O) groups is 2. The Bertz CT molecular complexity index is 1370. The third-order valence-electron chi connectivity index (χ3n) is 5.82. The topological polar surface area (TPSA) is 46.2 Å². The van der Waals surface area contributed by atoms with Crippen LogP contribution in [0.5, 0.6) is 0 Å². The summed E-state index contributed by atoms with van der Waals surface area (Å²) >= 11 is 0. The Labute approximate surface area is 207 Å². The van der Waals surface area contributed by atoms with Crippen LogP contribution in [0, 0.1) is 0 Å². The first kappa shape index (κ1) is 31.2. The maximum Gasteiger partial charge on any atom is 0.460 e. The van der Waals surface area contributed by atoms with Gasteiger partial charge in [0.1, 0.15) is 0 Å². The van der Waals surface area contributed by atoms with Crippen LogP contribution in [0.3, 0.4) is 0 Å². The van der Waals surface area contributed by atoms with Gasteiger partial charge in [0.05, 0.1) is 0 Å². The molecule has 0 bridgehead atoms. The van der Waals surface area contributed by atoms with E-state index in [-0.39, 0.29) is 12.1 Å². The molecule has 0 spiro atoms. The van der Waals surface area contributed by atoms with Gasteiger partial charge in [0.25, 0.3) is 11.8 Å². The molecule has 1 aliphatic rings. The highest BCUT2D eigenvalue weighted by atomic mass is 19.4. The lowest BCUT2D eigenvalue weighted by atomic mass is 9.84. The van der Waals surface area contributed by atoms with Gasteiger partial charge in [-0.2, -0.15) is 74.6 Å². The van der Waals surface area contributed by atoms with Crippen LogP contribution in [-0.2, 0) is 5.92 Å². The summed E-state index contributed by atoms with van der Waals surface area (Å²) in [5.41, 5.74) is -3.97. The third kappa shape index (κ3) is 3.58. The molecule has 0 aromatic heterocycles. The lowest BCUT2D eigenvalue weighted by Crippen LogP contribution is -2.74. The van der Waals surface area contributed by atoms with Crippen molar-refractivity contribution >= 4 is 22.6 Å². The lowest BCUT2D eigenvalue weighted by molar-refractivity contribution is -0.462. The second-order valence-corrected chi connectivity index (χ2v) is 8.19. The van der Waals surface area contributed by atoms with Gasteiger partial charge in [-0.25, -0.2) is 0 Å². The van der Waals surface area contributed by atoms with E-state index in [0.717, 1.165) is 6.07 Å². The highest BCUT2D eigenvalue weighted by Gasteiger charge is 2.95. The maximum atomic E-state index is 14.9. The van der Waals surface area contributed by atoms with Gasteiger partial charge < -0.3 is 0 Å². The minimum Gasteiger partial charge on any atom is -0.288 e. The minimum atomic E-state index is -8.74. The van der Waals surface area contributed by atoms with Gasteiger partial charge in [-0.05, 0) is 17.5 Å². The molecule has 2 aromatic rings. The second kappa shape index (κ2) is 8.34. The average molecular weight is 615 g/mol. The standard InChI is InChI=1S/C20H6F17NO2/c21-13(22,9-5-4-8-10-6(9)2-1-3-7(10)11(39)38-12(8)40)14(23,24)15(25,26)16(27,28)17(29,30)18(31,32)19(33,34)20(35,36)37/h1-5H,(H,38,39,40). The number of nitrogens with one attached hydrogen (secondary N) is 1. The summed E-state index contributed by atoms with van der Waals surface area (Å²) in [7, 11) is 0. The van der Waals surface area contributed by atoms with Crippen LogP contribution in [-0.4, -0.2) is 53.5 Å². The first-order valence-corrected chi connectivity index (χ1v) is 9.78. The highest BCUT2D eigenvalue weighted by Crippen LogP contribution is 2.65. The number of alkyl halides is 17. The number of hydrogen-bond acceptors (Lipinski definition) is 2. The van der Waals surface area contributed by atoms with Gasteiger partial charge in [-0.15, -0.1) is 0 Å². The molecule has 222 valence electrons. The van der Waals surface area contributed by atoms with Gasteiger partial charge in [-0.1, -0.05) is 18.2 Å². The zero-order valence-corrected chi connectivity index (χ0v) is 18.1. The summed E-state index contributed by atoms with van der Waals surface area (Å²) in [6.45, 7) is 0. The molecule has 1 heterocycles. The van der Waals surface area contributed by atoms with E-state index < -0.39 is 86.9 Å². The molecule has 0 aliphatic carbocycles. The Hall–Kier alpha value is -3.35. The van der Waals surface area contributed by atoms with Crippen molar-refractivity contribution in [1.82, 2.24) is 5.32 Å². The average Bonchev–Trinajstić information content (AvgIpc) is 2.80. The van der Waals surface area contributed by atoms with Crippen LogP contribution < -0.4 is 5.32 Å². The monoisotopic (exact) mass is 615 g/mol. The minimum absolute atomic E-state index is 0.176. The van der Waals surface area contributed by atoms with Crippen LogP contribution in [0.1, 0.15) is 26.3 Å². The smallest absolute Gasteiger partial charge is 0.288 e.